The fourth-order valence-corrected chi connectivity index (χ4v) is 4.97. The molecule has 0 spiro atoms. The van der Waals surface area contributed by atoms with Crippen molar-refractivity contribution in [1.29, 1.82) is 0 Å². The molecule has 1 atom stereocenters. The Morgan fingerprint density at radius 3 is 2.69 bits per heavy atom. The van der Waals surface area contributed by atoms with Crippen LogP contribution in [0.1, 0.15) is 50.0 Å². The highest BCUT2D eigenvalue weighted by atomic mass is 16.5. The minimum absolute atomic E-state index is 0.299. The van der Waals surface area contributed by atoms with E-state index in [0.717, 1.165) is 65.7 Å². The summed E-state index contributed by atoms with van der Waals surface area (Å²) in [4.78, 5) is 6.78. The molecular weight excluding hydrogens is 440 g/mol. The number of piperidine rings is 1. The van der Waals surface area contributed by atoms with E-state index in [4.69, 9.17) is 4.74 Å². The number of likely N-dealkylation sites (tertiary alicyclic amines) is 1. The van der Waals surface area contributed by atoms with E-state index in [1.807, 2.05) is 28.9 Å². The molecule has 1 aliphatic heterocycles. The third-order valence-corrected chi connectivity index (χ3v) is 6.98. The Bertz CT molecular complexity index is 1300. The second-order valence-corrected chi connectivity index (χ2v) is 9.71. The number of hydrogen-bond donors (Lipinski definition) is 2. The lowest BCUT2D eigenvalue weighted by molar-refractivity contribution is 0.0949. The van der Waals surface area contributed by atoms with E-state index in [2.05, 4.69) is 57.6 Å². The number of pyridine rings is 1. The van der Waals surface area contributed by atoms with E-state index < -0.39 is 6.10 Å². The number of aliphatic hydroxyl groups is 1. The van der Waals surface area contributed by atoms with Crippen molar-refractivity contribution in [3.8, 4) is 5.75 Å². The fourth-order valence-electron chi connectivity index (χ4n) is 4.97. The van der Waals surface area contributed by atoms with Gasteiger partial charge >= 0.3 is 0 Å². The van der Waals surface area contributed by atoms with Crippen molar-refractivity contribution >= 4 is 21.9 Å². The van der Waals surface area contributed by atoms with Gasteiger partial charge in [0, 0.05) is 36.8 Å². The molecule has 0 saturated carbocycles. The molecule has 4 aromatic rings. The molecule has 8 heteroatoms. The van der Waals surface area contributed by atoms with E-state index in [9.17, 15) is 5.11 Å². The van der Waals surface area contributed by atoms with Gasteiger partial charge in [-0.25, -0.2) is 4.68 Å². The number of hydrogen-bond acceptors (Lipinski definition) is 7. The monoisotopic (exact) mass is 474 g/mol. The van der Waals surface area contributed by atoms with Gasteiger partial charge in [-0.05, 0) is 87.3 Å². The SMILES string of the molecule is COc1ccc2nccc([C@@H](O)CN3CCC(NCc4ccc5c(c4)nnn5C(C)C)CC3)c2c1. The van der Waals surface area contributed by atoms with Gasteiger partial charge in [0.2, 0.25) is 0 Å². The Labute approximate surface area is 205 Å². The molecule has 184 valence electrons. The summed E-state index contributed by atoms with van der Waals surface area (Å²) in [6, 6.07) is 14.9. The molecule has 3 heterocycles. The Morgan fingerprint density at radius 2 is 1.91 bits per heavy atom. The van der Waals surface area contributed by atoms with Crippen LogP contribution in [0.5, 0.6) is 5.75 Å². The van der Waals surface area contributed by atoms with Crippen LogP contribution in [0.4, 0.5) is 0 Å². The van der Waals surface area contributed by atoms with E-state index >= 15 is 0 Å². The molecule has 1 aliphatic rings. The van der Waals surface area contributed by atoms with Gasteiger partial charge in [0.25, 0.3) is 0 Å². The standard InChI is InChI=1S/C27H34N6O2/c1-18(2)33-26-7-4-19(14-25(26)30-31-33)16-29-20-9-12-32(13-10-20)17-27(34)22-8-11-28-24-6-5-21(35-3)15-23(22)24/h4-8,11,14-15,18,20,27,29,34H,9-10,12-13,16-17H2,1-3H3/t27-/m0/s1. The molecule has 2 aromatic carbocycles. The number of fused-ring (bicyclic) bond motifs is 2. The van der Waals surface area contributed by atoms with E-state index in [1.165, 1.54) is 5.56 Å². The molecule has 5 rings (SSSR count). The van der Waals surface area contributed by atoms with Crippen molar-refractivity contribution < 1.29 is 9.84 Å². The number of nitrogens with one attached hydrogen (secondary N) is 1. The topological polar surface area (TPSA) is 88.3 Å². The minimum atomic E-state index is -0.567. The summed E-state index contributed by atoms with van der Waals surface area (Å²) in [5.74, 6) is 0.773. The molecule has 0 bridgehead atoms. The number of benzene rings is 2. The summed E-state index contributed by atoms with van der Waals surface area (Å²) in [5, 5.41) is 24.3. The third kappa shape index (κ3) is 5.15. The zero-order valence-corrected chi connectivity index (χ0v) is 20.7. The van der Waals surface area contributed by atoms with Gasteiger partial charge in [0.1, 0.15) is 11.3 Å². The Morgan fingerprint density at radius 1 is 1.09 bits per heavy atom. The van der Waals surface area contributed by atoms with Crippen LogP contribution < -0.4 is 10.1 Å². The lowest BCUT2D eigenvalue weighted by Crippen LogP contribution is -2.43. The maximum absolute atomic E-state index is 11.0. The molecule has 2 N–H and O–H groups in total. The van der Waals surface area contributed by atoms with Crippen LogP contribution in [0.3, 0.4) is 0 Å². The van der Waals surface area contributed by atoms with Gasteiger partial charge in [0.05, 0.1) is 24.2 Å². The van der Waals surface area contributed by atoms with Crippen LogP contribution in [0.25, 0.3) is 21.9 Å². The molecule has 1 saturated heterocycles. The van der Waals surface area contributed by atoms with Crippen LogP contribution >= 0.6 is 0 Å². The predicted octanol–water partition coefficient (Wildman–Crippen LogP) is 3.86. The molecule has 0 aliphatic carbocycles. The van der Waals surface area contributed by atoms with E-state index in [0.29, 0.717) is 18.6 Å². The maximum Gasteiger partial charge on any atom is 0.119 e. The highest BCUT2D eigenvalue weighted by Gasteiger charge is 2.22. The van der Waals surface area contributed by atoms with Gasteiger partial charge in [-0.15, -0.1) is 5.10 Å². The van der Waals surface area contributed by atoms with Crippen molar-refractivity contribution in [2.24, 2.45) is 0 Å². The lowest BCUT2D eigenvalue weighted by atomic mass is 10.0. The molecule has 0 unspecified atom stereocenters. The van der Waals surface area contributed by atoms with Crippen LogP contribution in [-0.2, 0) is 6.54 Å². The first-order valence-corrected chi connectivity index (χ1v) is 12.4. The Hall–Kier alpha value is -3.07. The van der Waals surface area contributed by atoms with Gasteiger partial charge in [0.15, 0.2) is 0 Å². The molecule has 0 radical (unpaired) electrons. The van der Waals surface area contributed by atoms with Crippen LogP contribution in [0, 0.1) is 0 Å². The summed E-state index contributed by atoms with van der Waals surface area (Å²) < 4.78 is 7.33. The number of nitrogens with zero attached hydrogens (tertiary/aromatic N) is 5. The fraction of sp³-hybridized carbons (Fsp3) is 0.444. The average Bonchev–Trinajstić information content (AvgIpc) is 3.31. The molecular formula is C27H34N6O2. The molecule has 35 heavy (non-hydrogen) atoms. The summed E-state index contributed by atoms with van der Waals surface area (Å²) in [7, 11) is 1.65. The van der Waals surface area contributed by atoms with Crippen LogP contribution in [0.2, 0.25) is 0 Å². The zero-order chi connectivity index (χ0) is 24.4. The van der Waals surface area contributed by atoms with Crippen molar-refractivity contribution in [3.63, 3.8) is 0 Å². The highest BCUT2D eigenvalue weighted by molar-refractivity contribution is 5.83. The van der Waals surface area contributed by atoms with Crippen LogP contribution in [0.15, 0.2) is 48.7 Å². The summed E-state index contributed by atoms with van der Waals surface area (Å²) in [6.45, 7) is 7.59. The van der Waals surface area contributed by atoms with Crippen molar-refractivity contribution in [3.05, 3.63) is 59.8 Å². The molecule has 0 amide bonds. The largest absolute Gasteiger partial charge is 0.497 e. The highest BCUT2D eigenvalue weighted by Crippen LogP contribution is 2.28. The zero-order valence-electron chi connectivity index (χ0n) is 20.7. The predicted molar refractivity (Wildman–Crippen MR) is 137 cm³/mol. The number of aromatic nitrogens is 4. The van der Waals surface area contributed by atoms with Crippen LogP contribution in [-0.4, -0.2) is 62.8 Å². The smallest absolute Gasteiger partial charge is 0.119 e. The van der Waals surface area contributed by atoms with E-state index in [1.54, 1.807) is 13.3 Å². The van der Waals surface area contributed by atoms with Gasteiger partial charge < -0.3 is 20.1 Å². The minimum Gasteiger partial charge on any atom is -0.497 e. The Balaban J connectivity index is 1.15. The number of rotatable bonds is 8. The van der Waals surface area contributed by atoms with Crippen molar-refractivity contribution in [1.82, 2.24) is 30.2 Å². The lowest BCUT2D eigenvalue weighted by Gasteiger charge is -2.33. The van der Waals surface area contributed by atoms with Gasteiger partial charge in [-0.1, -0.05) is 11.3 Å². The maximum atomic E-state index is 11.0. The van der Waals surface area contributed by atoms with Gasteiger partial charge in [-0.2, -0.15) is 0 Å². The first-order chi connectivity index (χ1) is 17.0. The number of β-amino-alcohol motifs (C(OH)–C–C–N with tert-alkyl or cyclic N) is 1. The van der Waals surface area contributed by atoms with Crippen molar-refractivity contribution in [2.45, 2.75) is 51.4 Å². The van der Waals surface area contributed by atoms with E-state index in [-0.39, 0.29) is 0 Å². The summed E-state index contributed by atoms with van der Waals surface area (Å²) in [5.41, 5.74) is 5.03. The third-order valence-electron chi connectivity index (χ3n) is 6.98. The molecule has 8 nitrogen and oxygen atoms in total. The first-order valence-electron chi connectivity index (χ1n) is 12.4. The van der Waals surface area contributed by atoms with Crippen molar-refractivity contribution in [2.75, 3.05) is 26.7 Å². The summed E-state index contributed by atoms with van der Waals surface area (Å²) in [6.07, 6.45) is 3.32. The Kier molecular flexibility index (Phi) is 6.95. The number of methoxy groups -OCH3 is 1. The normalized spacial score (nSPS) is 16.4. The molecule has 2 aromatic heterocycles. The summed E-state index contributed by atoms with van der Waals surface area (Å²) >= 11 is 0. The first kappa shape index (κ1) is 23.7. The second kappa shape index (κ2) is 10.3. The second-order valence-electron chi connectivity index (χ2n) is 9.71. The number of ether oxygens (including phenoxy) is 1. The average molecular weight is 475 g/mol. The number of aliphatic hydroxyl groups excluding tert-OH is 1. The quantitative estimate of drug-likeness (QED) is 0.401. The molecule has 1 fully saturated rings. The van der Waals surface area contributed by atoms with Gasteiger partial charge in [-0.3, -0.25) is 4.98 Å².